The van der Waals surface area contributed by atoms with Crippen LogP contribution in [0.4, 0.5) is 4.39 Å². The van der Waals surface area contributed by atoms with Crippen molar-refractivity contribution in [3.05, 3.63) is 41.2 Å². The topological polar surface area (TPSA) is 75.6 Å². The van der Waals surface area contributed by atoms with Gasteiger partial charge in [0, 0.05) is 23.7 Å². The SMILES string of the molecule is CC(C)OCCNC(=O)c1ccc(/C=C/C(=O)O)c(F)c1. The van der Waals surface area contributed by atoms with Crippen LogP contribution in [0.3, 0.4) is 0 Å². The van der Waals surface area contributed by atoms with Gasteiger partial charge < -0.3 is 15.2 Å². The zero-order valence-electron chi connectivity index (χ0n) is 11.9. The van der Waals surface area contributed by atoms with E-state index in [2.05, 4.69) is 5.32 Å². The molecule has 2 N–H and O–H groups in total. The fraction of sp³-hybridized carbons (Fsp3) is 0.333. The van der Waals surface area contributed by atoms with Gasteiger partial charge in [0.1, 0.15) is 5.82 Å². The first-order valence-electron chi connectivity index (χ1n) is 6.50. The fourth-order valence-corrected chi connectivity index (χ4v) is 1.53. The number of hydrogen-bond donors (Lipinski definition) is 2. The molecule has 5 nitrogen and oxygen atoms in total. The predicted octanol–water partition coefficient (Wildman–Crippen LogP) is 2.08. The maximum absolute atomic E-state index is 13.7. The number of benzene rings is 1. The molecule has 1 aromatic carbocycles. The van der Waals surface area contributed by atoms with Gasteiger partial charge in [-0.3, -0.25) is 4.79 Å². The third-order valence-electron chi connectivity index (χ3n) is 2.51. The molecule has 0 heterocycles. The number of carbonyl (C=O) groups is 2. The summed E-state index contributed by atoms with van der Waals surface area (Å²) in [6.45, 7) is 4.49. The predicted molar refractivity (Wildman–Crippen MR) is 76.5 cm³/mol. The summed E-state index contributed by atoms with van der Waals surface area (Å²) in [6.07, 6.45) is 2.05. The van der Waals surface area contributed by atoms with Gasteiger partial charge >= 0.3 is 5.97 Å². The van der Waals surface area contributed by atoms with Gasteiger partial charge in [-0.15, -0.1) is 0 Å². The van der Waals surface area contributed by atoms with Crippen LogP contribution in [0.5, 0.6) is 0 Å². The molecular formula is C15H18FNO4. The number of nitrogens with one attached hydrogen (secondary N) is 1. The summed E-state index contributed by atoms with van der Waals surface area (Å²) in [5.74, 6) is -2.23. The van der Waals surface area contributed by atoms with Crippen molar-refractivity contribution in [2.24, 2.45) is 0 Å². The third-order valence-corrected chi connectivity index (χ3v) is 2.51. The highest BCUT2D eigenvalue weighted by Gasteiger charge is 2.08. The van der Waals surface area contributed by atoms with Crippen LogP contribution in [0.1, 0.15) is 29.8 Å². The number of hydrogen-bond acceptors (Lipinski definition) is 3. The number of ether oxygens (including phenoxy) is 1. The van der Waals surface area contributed by atoms with Crippen LogP contribution in [0, 0.1) is 5.82 Å². The Morgan fingerprint density at radius 2 is 2.14 bits per heavy atom. The first kappa shape index (κ1) is 16.8. The number of carbonyl (C=O) groups excluding carboxylic acids is 1. The van der Waals surface area contributed by atoms with E-state index in [9.17, 15) is 14.0 Å². The van der Waals surface area contributed by atoms with Gasteiger partial charge in [-0.1, -0.05) is 6.07 Å². The summed E-state index contributed by atoms with van der Waals surface area (Å²) in [4.78, 5) is 22.1. The number of halogens is 1. The minimum Gasteiger partial charge on any atom is -0.478 e. The Labute approximate surface area is 122 Å². The van der Waals surface area contributed by atoms with Gasteiger partial charge in [-0.05, 0) is 32.1 Å². The lowest BCUT2D eigenvalue weighted by molar-refractivity contribution is -0.131. The molecular weight excluding hydrogens is 277 g/mol. The van der Waals surface area contributed by atoms with E-state index in [0.717, 1.165) is 18.2 Å². The summed E-state index contributed by atoms with van der Waals surface area (Å²) in [7, 11) is 0. The average molecular weight is 295 g/mol. The Kier molecular flexibility index (Phi) is 6.55. The lowest BCUT2D eigenvalue weighted by Crippen LogP contribution is -2.28. The zero-order valence-corrected chi connectivity index (χ0v) is 11.9. The minimum atomic E-state index is -1.17. The van der Waals surface area contributed by atoms with Crippen molar-refractivity contribution in [3.8, 4) is 0 Å². The largest absolute Gasteiger partial charge is 0.478 e. The molecule has 1 rings (SSSR count). The van der Waals surface area contributed by atoms with Crippen molar-refractivity contribution in [2.75, 3.05) is 13.2 Å². The quantitative estimate of drug-likeness (QED) is 0.596. The minimum absolute atomic E-state index is 0.0830. The van der Waals surface area contributed by atoms with E-state index in [1.54, 1.807) is 0 Å². The standard InChI is InChI=1S/C15H18FNO4/c1-10(2)21-8-7-17-15(20)12-4-3-11(13(16)9-12)5-6-14(18)19/h3-6,9-10H,7-8H2,1-2H3,(H,17,20)(H,18,19)/b6-5+. The van der Waals surface area contributed by atoms with E-state index < -0.39 is 17.7 Å². The highest BCUT2D eigenvalue weighted by molar-refractivity contribution is 5.94. The molecule has 114 valence electrons. The van der Waals surface area contributed by atoms with Crippen molar-refractivity contribution in [2.45, 2.75) is 20.0 Å². The van der Waals surface area contributed by atoms with Crippen LogP contribution < -0.4 is 5.32 Å². The van der Waals surface area contributed by atoms with E-state index in [0.29, 0.717) is 13.2 Å². The van der Waals surface area contributed by atoms with Crippen molar-refractivity contribution in [3.63, 3.8) is 0 Å². The maximum Gasteiger partial charge on any atom is 0.328 e. The molecule has 0 aliphatic rings. The monoisotopic (exact) mass is 295 g/mol. The lowest BCUT2D eigenvalue weighted by atomic mass is 10.1. The lowest BCUT2D eigenvalue weighted by Gasteiger charge is -2.09. The molecule has 0 atom stereocenters. The first-order chi connectivity index (χ1) is 9.90. The maximum atomic E-state index is 13.7. The second-order valence-electron chi connectivity index (χ2n) is 4.58. The Bertz CT molecular complexity index is 540. The Morgan fingerprint density at radius 3 is 2.71 bits per heavy atom. The first-order valence-corrected chi connectivity index (χ1v) is 6.50. The second-order valence-corrected chi connectivity index (χ2v) is 4.58. The highest BCUT2D eigenvalue weighted by Crippen LogP contribution is 2.12. The smallest absolute Gasteiger partial charge is 0.328 e. The normalized spacial score (nSPS) is 11.0. The van der Waals surface area contributed by atoms with E-state index in [4.69, 9.17) is 9.84 Å². The summed E-state index contributed by atoms with van der Waals surface area (Å²) in [5, 5.41) is 11.1. The molecule has 0 aliphatic carbocycles. The highest BCUT2D eigenvalue weighted by atomic mass is 19.1. The van der Waals surface area contributed by atoms with Gasteiger partial charge in [0.25, 0.3) is 5.91 Å². The molecule has 0 saturated carbocycles. The summed E-state index contributed by atoms with van der Waals surface area (Å²) >= 11 is 0. The summed E-state index contributed by atoms with van der Waals surface area (Å²) < 4.78 is 19.0. The number of aliphatic carboxylic acids is 1. The Morgan fingerprint density at radius 1 is 1.43 bits per heavy atom. The molecule has 0 unspecified atom stereocenters. The molecule has 0 radical (unpaired) electrons. The van der Waals surface area contributed by atoms with E-state index in [1.807, 2.05) is 13.8 Å². The Balaban J connectivity index is 2.62. The number of rotatable bonds is 7. The molecule has 0 saturated heterocycles. The molecule has 1 aromatic rings. The molecule has 0 spiro atoms. The van der Waals surface area contributed by atoms with Crippen molar-refractivity contribution < 1.29 is 23.8 Å². The number of carboxylic acids is 1. The van der Waals surface area contributed by atoms with E-state index in [1.165, 1.54) is 12.1 Å². The molecule has 0 fully saturated rings. The second kappa shape index (κ2) is 8.16. The van der Waals surface area contributed by atoms with Crippen molar-refractivity contribution in [1.82, 2.24) is 5.32 Å². The van der Waals surface area contributed by atoms with Crippen molar-refractivity contribution in [1.29, 1.82) is 0 Å². The molecule has 0 aromatic heterocycles. The van der Waals surface area contributed by atoms with Crippen LogP contribution >= 0.6 is 0 Å². The molecule has 0 bridgehead atoms. The summed E-state index contributed by atoms with van der Waals surface area (Å²) in [5.41, 5.74) is 0.279. The van der Waals surface area contributed by atoms with Gasteiger partial charge in [0.2, 0.25) is 0 Å². The molecule has 21 heavy (non-hydrogen) atoms. The fourth-order valence-electron chi connectivity index (χ4n) is 1.53. The number of amides is 1. The Hall–Kier alpha value is -2.21. The van der Waals surface area contributed by atoms with Gasteiger partial charge in [-0.2, -0.15) is 0 Å². The van der Waals surface area contributed by atoms with E-state index >= 15 is 0 Å². The van der Waals surface area contributed by atoms with E-state index in [-0.39, 0.29) is 17.2 Å². The number of carboxylic acid groups (broad SMARTS) is 1. The van der Waals surface area contributed by atoms with Crippen LogP contribution in [0.2, 0.25) is 0 Å². The third kappa shape index (κ3) is 6.18. The molecule has 0 aliphatic heterocycles. The molecule has 1 amide bonds. The van der Waals surface area contributed by atoms with Crippen molar-refractivity contribution >= 4 is 18.0 Å². The van der Waals surface area contributed by atoms with Gasteiger partial charge in [-0.25, -0.2) is 9.18 Å². The van der Waals surface area contributed by atoms with Crippen LogP contribution in [-0.4, -0.2) is 36.2 Å². The van der Waals surface area contributed by atoms with Gasteiger partial charge in [0.05, 0.1) is 12.7 Å². The van der Waals surface area contributed by atoms with Crippen LogP contribution in [-0.2, 0) is 9.53 Å². The van der Waals surface area contributed by atoms with Crippen LogP contribution in [0.25, 0.3) is 6.08 Å². The zero-order chi connectivity index (χ0) is 15.8. The van der Waals surface area contributed by atoms with Gasteiger partial charge in [0.15, 0.2) is 0 Å². The van der Waals surface area contributed by atoms with Crippen LogP contribution in [0.15, 0.2) is 24.3 Å². The molecule has 6 heteroatoms. The summed E-state index contributed by atoms with van der Waals surface area (Å²) in [6, 6.07) is 3.86. The average Bonchev–Trinajstić information content (AvgIpc) is 2.41.